The number of fused-ring (bicyclic) bond motifs is 1. The first-order chi connectivity index (χ1) is 9.63. The highest BCUT2D eigenvalue weighted by atomic mass is 16.3. The van der Waals surface area contributed by atoms with Gasteiger partial charge in [-0.3, -0.25) is 0 Å². The van der Waals surface area contributed by atoms with E-state index < -0.39 is 0 Å². The number of anilines is 1. The molecule has 0 saturated heterocycles. The second-order valence-corrected chi connectivity index (χ2v) is 5.27. The summed E-state index contributed by atoms with van der Waals surface area (Å²) >= 11 is 0. The van der Waals surface area contributed by atoms with E-state index in [1.807, 2.05) is 31.2 Å². The molecule has 0 aliphatic carbocycles. The van der Waals surface area contributed by atoms with Gasteiger partial charge in [-0.25, -0.2) is 4.98 Å². The van der Waals surface area contributed by atoms with Gasteiger partial charge in [-0.2, -0.15) is 0 Å². The number of rotatable bonds is 4. The number of benzene rings is 1. The Morgan fingerprint density at radius 2 is 2.10 bits per heavy atom. The maximum atomic E-state index is 5.70. The molecule has 2 heterocycles. The van der Waals surface area contributed by atoms with Crippen LogP contribution in [0.25, 0.3) is 11.1 Å². The van der Waals surface area contributed by atoms with Crippen molar-refractivity contribution in [2.75, 3.05) is 5.32 Å². The molecule has 3 aromatic rings. The van der Waals surface area contributed by atoms with E-state index in [2.05, 4.69) is 24.1 Å². The fraction of sp³-hybridized carbons (Fsp3) is 0.312. The van der Waals surface area contributed by atoms with Crippen molar-refractivity contribution >= 4 is 16.8 Å². The zero-order valence-corrected chi connectivity index (χ0v) is 11.9. The molecule has 0 fully saturated rings. The highest BCUT2D eigenvalue weighted by molar-refractivity contribution is 5.77. The van der Waals surface area contributed by atoms with Gasteiger partial charge in [0.1, 0.15) is 11.3 Å². The number of aryl methyl sites for hydroxylation is 1. The van der Waals surface area contributed by atoms with Crippen LogP contribution in [0.1, 0.15) is 37.0 Å². The summed E-state index contributed by atoms with van der Waals surface area (Å²) in [6.07, 6.45) is 1.71. The Balaban J connectivity index is 1.80. The first-order valence-electron chi connectivity index (χ1n) is 6.81. The van der Waals surface area contributed by atoms with E-state index in [4.69, 9.17) is 8.83 Å². The fourth-order valence-electron chi connectivity index (χ4n) is 2.07. The second kappa shape index (κ2) is 5.04. The van der Waals surface area contributed by atoms with Gasteiger partial charge < -0.3 is 14.2 Å². The Morgan fingerprint density at radius 3 is 2.80 bits per heavy atom. The smallest absolute Gasteiger partial charge is 0.198 e. The maximum absolute atomic E-state index is 5.70. The van der Waals surface area contributed by atoms with E-state index in [9.17, 15) is 0 Å². The van der Waals surface area contributed by atoms with Gasteiger partial charge in [0, 0.05) is 11.6 Å². The van der Waals surface area contributed by atoms with Gasteiger partial charge in [-0.1, -0.05) is 13.8 Å². The minimum atomic E-state index is 0.296. The average Bonchev–Trinajstić information content (AvgIpc) is 3.01. The van der Waals surface area contributed by atoms with Crippen LogP contribution in [0.2, 0.25) is 0 Å². The van der Waals surface area contributed by atoms with Crippen molar-refractivity contribution in [1.29, 1.82) is 0 Å². The van der Waals surface area contributed by atoms with Crippen molar-refractivity contribution in [1.82, 2.24) is 4.98 Å². The van der Waals surface area contributed by atoms with Gasteiger partial charge in [0.15, 0.2) is 11.5 Å². The molecule has 0 radical (unpaired) electrons. The molecule has 1 N–H and O–H groups in total. The van der Waals surface area contributed by atoms with Gasteiger partial charge in [0.25, 0.3) is 0 Å². The molecule has 0 amide bonds. The molecule has 0 spiro atoms. The zero-order chi connectivity index (χ0) is 14.1. The Hall–Kier alpha value is -2.23. The van der Waals surface area contributed by atoms with Crippen LogP contribution < -0.4 is 5.32 Å². The van der Waals surface area contributed by atoms with Crippen LogP contribution >= 0.6 is 0 Å². The van der Waals surface area contributed by atoms with Gasteiger partial charge in [-0.05, 0) is 36.8 Å². The molecule has 0 unspecified atom stereocenters. The van der Waals surface area contributed by atoms with Crippen LogP contribution in [0.4, 0.5) is 5.69 Å². The molecule has 0 aliphatic heterocycles. The first kappa shape index (κ1) is 12.8. The molecule has 0 aliphatic rings. The molecular formula is C16H18N2O2. The molecular weight excluding hydrogens is 252 g/mol. The predicted octanol–water partition coefficient (Wildman–Crippen LogP) is 4.46. The summed E-state index contributed by atoms with van der Waals surface area (Å²) in [5, 5.41) is 3.34. The Kier molecular flexibility index (Phi) is 3.22. The quantitative estimate of drug-likeness (QED) is 0.760. The molecule has 20 heavy (non-hydrogen) atoms. The van der Waals surface area contributed by atoms with Crippen LogP contribution in [-0.4, -0.2) is 4.98 Å². The van der Waals surface area contributed by atoms with E-state index in [-0.39, 0.29) is 0 Å². The van der Waals surface area contributed by atoms with Gasteiger partial charge in [-0.15, -0.1) is 0 Å². The van der Waals surface area contributed by atoms with Crippen molar-refractivity contribution in [3.05, 3.63) is 47.7 Å². The van der Waals surface area contributed by atoms with Crippen molar-refractivity contribution in [3.63, 3.8) is 0 Å². The van der Waals surface area contributed by atoms with Crippen LogP contribution in [0, 0.1) is 6.92 Å². The Bertz CT molecular complexity index is 725. The highest BCUT2D eigenvalue weighted by Gasteiger charge is 2.10. The van der Waals surface area contributed by atoms with E-state index in [1.165, 1.54) is 0 Å². The first-order valence-corrected chi connectivity index (χ1v) is 6.81. The summed E-state index contributed by atoms with van der Waals surface area (Å²) in [6, 6.07) is 7.91. The molecule has 2 aromatic heterocycles. The lowest BCUT2D eigenvalue weighted by molar-refractivity contribution is 0.501. The van der Waals surface area contributed by atoms with Gasteiger partial charge >= 0.3 is 0 Å². The Labute approximate surface area is 117 Å². The fourth-order valence-corrected chi connectivity index (χ4v) is 2.07. The number of aromatic nitrogens is 1. The van der Waals surface area contributed by atoms with E-state index in [1.54, 1.807) is 6.26 Å². The number of hydrogen-bond acceptors (Lipinski definition) is 4. The Morgan fingerprint density at radius 1 is 1.25 bits per heavy atom. The van der Waals surface area contributed by atoms with Crippen LogP contribution in [0.15, 0.2) is 39.4 Å². The summed E-state index contributed by atoms with van der Waals surface area (Å²) in [5.74, 6) is 2.02. The SMILES string of the molecule is Cc1ccoc1CNc1ccc2oc(C(C)C)nc2c1. The molecule has 0 atom stereocenters. The van der Waals surface area contributed by atoms with Crippen LogP contribution in [-0.2, 0) is 6.54 Å². The van der Waals surface area contributed by atoms with Crippen molar-refractivity contribution in [2.24, 2.45) is 0 Å². The largest absolute Gasteiger partial charge is 0.467 e. The lowest BCUT2D eigenvalue weighted by Gasteiger charge is -2.04. The number of hydrogen-bond donors (Lipinski definition) is 1. The molecule has 104 valence electrons. The second-order valence-electron chi connectivity index (χ2n) is 5.27. The van der Waals surface area contributed by atoms with Crippen LogP contribution in [0.5, 0.6) is 0 Å². The van der Waals surface area contributed by atoms with Crippen molar-refractivity contribution < 1.29 is 8.83 Å². The van der Waals surface area contributed by atoms with E-state index in [0.717, 1.165) is 34.0 Å². The molecule has 4 nitrogen and oxygen atoms in total. The standard InChI is InChI=1S/C16H18N2O2/c1-10(2)16-18-13-8-12(4-5-14(13)20-16)17-9-15-11(3)6-7-19-15/h4-8,10,17H,9H2,1-3H3. The van der Waals surface area contributed by atoms with Crippen LogP contribution in [0.3, 0.4) is 0 Å². The monoisotopic (exact) mass is 270 g/mol. The summed E-state index contributed by atoms with van der Waals surface area (Å²) < 4.78 is 11.1. The zero-order valence-electron chi connectivity index (χ0n) is 11.9. The van der Waals surface area contributed by atoms with E-state index in [0.29, 0.717) is 12.5 Å². The normalized spacial score (nSPS) is 11.4. The summed E-state index contributed by atoms with van der Waals surface area (Å²) in [7, 11) is 0. The van der Waals surface area contributed by atoms with Crippen molar-refractivity contribution in [2.45, 2.75) is 33.2 Å². The molecule has 3 rings (SSSR count). The summed E-state index contributed by atoms with van der Waals surface area (Å²) in [6.45, 7) is 6.85. The molecule has 4 heteroatoms. The summed E-state index contributed by atoms with van der Waals surface area (Å²) in [4.78, 5) is 4.51. The molecule has 0 saturated carbocycles. The predicted molar refractivity (Wildman–Crippen MR) is 78.9 cm³/mol. The topological polar surface area (TPSA) is 51.2 Å². The maximum Gasteiger partial charge on any atom is 0.198 e. The molecule has 1 aromatic carbocycles. The average molecular weight is 270 g/mol. The third-order valence-corrected chi connectivity index (χ3v) is 3.32. The van der Waals surface area contributed by atoms with E-state index >= 15 is 0 Å². The number of nitrogens with one attached hydrogen (secondary N) is 1. The molecule has 0 bridgehead atoms. The number of nitrogens with zero attached hydrogens (tertiary/aromatic N) is 1. The number of furan rings is 1. The van der Waals surface area contributed by atoms with Gasteiger partial charge in [0.2, 0.25) is 0 Å². The van der Waals surface area contributed by atoms with Crippen molar-refractivity contribution in [3.8, 4) is 0 Å². The highest BCUT2D eigenvalue weighted by Crippen LogP contribution is 2.24. The third kappa shape index (κ3) is 2.41. The minimum Gasteiger partial charge on any atom is -0.467 e. The third-order valence-electron chi connectivity index (χ3n) is 3.32. The number of oxazole rings is 1. The minimum absolute atomic E-state index is 0.296. The lowest BCUT2D eigenvalue weighted by atomic mass is 10.2. The summed E-state index contributed by atoms with van der Waals surface area (Å²) in [5.41, 5.74) is 3.88. The van der Waals surface area contributed by atoms with Gasteiger partial charge in [0.05, 0.1) is 12.8 Å². The lowest BCUT2D eigenvalue weighted by Crippen LogP contribution is -1.99.